The molecule has 0 saturated carbocycles. The Balaban J connectivity index is 1.49. The fraction of sp³-hybridized carbons (Fsp3) is 0.154. The van der Waals surface area contributed by atoms with Gasteiger partial charge in [-0.15, -0.1) is 0 Å². The third-order valence-corrected chi connectivity index (χ3v) is 5.48. The lowest BCUT2D eigenvalue weighted by Crippen LogP contribution is -2.38. The number of nitrogens with zero attached hydrogens (tertiary/aromatic N) is 1. The molecular weight excluding hydrogens is 466 g/mol. The minimum atomic E-state index is -0.727. The Bertz CT molecular complexity index is 1390. The number of aryl methyl sites for hydroxylation is 1. The van der Waals surface area contributed by atoms with Crippen molar-refractivity contribution in [3.05, 3.63) is 77.2 Å². The van der Waals surface area contributed by atoms with Gasteiger partial charge in [0.2, 0.25) is 5.91 Å². The van der Waals surface area contributed by atoms with Crippen LogP contribution >= 0.6 is 0 Å². The van der Waals surface area contributed by atoms with Crippen LogP contribution in [-0.2, 0) is 14.3 Å². The summed E-state index contributed by atoms with van der Waals surface area (Å²) in [6, 6.07) is 14.5. The Morgan fingerprint density at radius 3 is 2.61 bits per heavy atom. The number of imide groups is 1. The zero-order chi connectivity index (χ0) is 25.8. The predicted octanol–water partition coefficient (Wildman–Crippen LogP) is 3.58. The van der Waals surface area contributed by atoms with Crippen LogP contribution in [0.15, 0.2) is 64.7 Å². The van der Waals surface area contributed by atoms with Crippen LogP contribution in [0.5, 0.6) is 5.75 Å². The van der Waals surface area contributed by atoms with Crippen molar-refractivity contribution < 1.29 is 33.1 Å². The molecule has 3 aromatic rings. The standard InChI is InChI=1S/C26H23N3O7/c1-15-8-9-16(25(32)35-3)12-18(15)21-11-10-17(36-21)13-20-24(31)29(26(33)28-20)14-23(30)27-19-6-4-5-7-22(19)34-2/h4-13H,14H2,1-3H3,(H,27,30)(H,28,33)/b20-13+. The van der Waals surface area contributed by atoms with Crippen LogP contribution in [0.1, 0.15) is 21.7 Å². The first-order chi connectivity index (χ1) is 17.3. The van der Waals surface area contributed by atoms with Gasteiger partial charge in [0.25, 0.3) is 5.91 Å². The van der Waals surface area contributed by atoms with E-state index in [2.05, 4.69) is 10.6 Å². The summed E-state index contributed by atoms with van der Waals surface area (Å²) in [5.41, 5.74) is 2.30. The van der Waals surface area contributed by atoms with Crippen molar-refractivity contribution in [3.8, 4) is 17.1 Å². The number of esters is 1. The van der Waals surface area contributed by atoms with Gasteiger partial charge in [-0.1, -0.05) is 18.2 Å². The van der Waals surface area contributed by atoms with Gasteiger partial charge in [0, 0.05) is 11.6 Å². The SMILES string of the molecule is COC(=O)c1ccc(C)c(-c2ccc(/C=C3/NC(=O)N(CC(=O)Nc4ccccc4OC)C3=O)o2)c1. The summed E-state index contributed by atoms with van der Waals surface area (Å²) in [5.74, 6) is -0.488. The van der Waals surface area contributed by atoms with Crippen molar-refractivity contribution in [2.45, 2.75) is 6.92 Å². The number of carbonyl (C=O) groups is 4. The van der Waals surface area contributed by atoms with E-state index in [4.69, 9.17) is 13.9 Å². The van der Waals surface area contributed by atoms with Crippen molar-refractivity contribution in [2.24, 2.45) is 0 Å². The smallest absolute Gasteiger partial charge is 0.337 e. The molecule has 0 radical (unpaired) electrons. The zero-order valence-electron chi connectivity index (χ0n) is 19.8. The van der Waals surface area contributed by atoms with Crippen LogP contribution in [0.25, 0.3) is 17.4 Å². The van der Waals surface area contributed by atoms with Gasteiger partial charge in [-0.2, -0.15) is 0 Å². The van der Waals surface area contributed by atoms with Crippen LogP contribution in [0, 0.1) is 6.92 Å². The van der Waals surface area contributed by atoms with E-state index in [0.29, 0.717) is 34.1 Å². The number of ether oxygens (including phenoxy) is 2. The summed E-state index contributed by atoms with van der Waals surface area (Å²) in [7, 11) is 2.77. The molecule has 10 heteroatoms. The number of hydrogen-bond acceptors (Lipinski definition) is 7. The van der Waals surface area contributed by atoms with Crippen LogP contribution < -0.4 is 15.4 Å². The quantitative estimate of drug-likeness (QED) is 0.295. The molecule has 0 spiro atoms. The van der Waals surface area contributed by atoms with E-state index in [-0.39, 0.29) is 5.70 Å². The molecule has 2 heterocycles. The van der Waals surface area contributed by atoms with Crippen LogP contribution in [0.2, 0.25) is 0 Å². The van der Waals surface area contributed by atoms with E-state index in [1.807, 2.05) is 6.92 Å². The summed E-state index contributed by atoms with van der Waals surface area (Å²) in [4.78, 5) is 50.3. The van der Waals surface area contributed by atoms with Gasteiger partial charge in [0.1, 0.15) is 29.5 Å². The number of carbonyl (C=O) groups excluding carboxylic acids is 4. The summed E-state index contributed by atoms with van der Waals surface area (Å²) >= 11 is 0. The van der Waals surface area contributed by atoms with Crippen LogP contribution in [0.3, 0.4) is 0 Å². The van der Waals surface area contributed by atoms with Gasteiger partial charge >= 0.3 is 12.0 Å². The molecule has 1 aromatic heterocycles. The van der Waals surface area contributed by atoms with Gasteiger partial charge in [-0.05, 0) is 48.9 Å². The molecule has 0 bridgehead atoms. The number of hydrogen-bond donors (Lipinski definition) is 2. The van der Waals surface area contributed by atoms with E-state index in [0.717, 1.165) is 10.5 Å². The number of amides is 4. The fourth-order valence-corrected chi connectivity index (χ4v) is 3.65. The second kappa shape index (κ2) is 10.2. The van der Waals surface area contributed by atoms with Crippen molar-refractivity contribution >= 4 is 35.6 Å². The number of para-hydroxylation sites is 2. The summed E-state index contributed by atoms with van der Waals surface area (Å²) in [6.07, 6.45) is 1.38. The lowest BCUT2D eigenvalue weighted by molar-refractivity contribution is -0.127. The molecule has 1 aliphatic rings. The highest BCUT2D eigenvalue weighted by molar-refractivity contribution is 6.15. The van der Waals surface area contributed by atoms with Crippen molar-refractivity contribution in [1.29, 1.82) is 0 Å². The van der Waals surface area contributed by atoms with E-state index < -0.39 is 30.4 Å². The molecule has 1 fully saturated rings. The molecule has 10 nitrogen and oxygen atoms in total. The topological polar surface area (TPSA) is 127 Å². The van der Waals surface area contributed by atoms with E-state index in [1.54, 1.807) is 54.6 Å². The molecule has 0 unspecified atom stereocenters. The molecule has 184 valence electrons. The molecule has 36 heavy (non-hydrogen) atoms. The Morgan fingerprint density at radius 1 is 1.08 bits per heavy atom. The van der Waals surface area contributed by atoms with Gasteiger partial charge in [-0.3, -0.25) is 9.59 Å². The maximum atomic E-state index is 12.8. The van der Waals surface area contributed by atoms with E-state index in [9.17, 15) is 19.2 Å². The highest BCUT2D eigenvalue weighted by Gasteiger charge is 2.35. The average Bonchev–Trinajstić information content (AvgIpc) is 3.44. The first-order valence-electron chi connectivity index (χ1n) is 10.9. The highest BCUT2D eigenvalue weighted by atomic mass is 16.5. The molecule has 2 N–H and O–H groups in total. The Kier molecular flexibility index (Phi) is 6.86. The number of rotatable bonds is 7. The lowest BCUT2D eigenvalue weighted by atomic mass is 10.0. The van der Waals surface area contributed by atoms with Crippen molar-refractivity contribution in [2.75, 3.05) is 26.1 Å². The molecular formula is C26H23N3O7. The predicted molar refractivity (Wildman–Crippen MR) is 130 cm³/mol. The number of urea groups is 1. The Labute approximate surface area is 206 Å². The first kappa shape index (κ1) is 24.3. The monoisotopic (exact) mass is 489 g/mol. The van der Waals surface area contributed by atoms with Crippen molar-refractivity contribution in [3.63, 3.8) is 0 Å². The van der Waals surface area contributed by atoms with E-state index in [1.165, 1.54) is 20.3 Å². The zero-order valence-corrected chi connectivity index (χ0v) is 19.8. The summed E-state index contributed by atoms with van der Waals surface area (Å²) in [6.45, 7) is 1.38. The van der Waals surface area contributed by atoms with Crippen LogP contribution in [-0.4, -0.2) is 49.5 Å². The third kappa shape index (κ3) is 4.97. The normalized spacial score (nSPS) is 14.1. The lowest BCUT2D eigenvalue weighted by Gasteiger charge is -2.13. The number of furan rings is 1. The third-order valence-electron chi connectivity index (χ3n) is 5.48. The Morgan fingerprint density at radius 2 is 1.86 bits per heavy atom. The molecule has 1 saturated heterocycles. The number of anilines is 1. The first-order valence-corrected chi connectivity index (χ1v) is 10.9. The fourth-order valence-electron chi connectivity index (χ4n) is 3.65. The highest BCUT2D eigenvalue weighted by Crippen LogP contribution is 2.28. The second-order valence-corrected chi connectivity index (χ2v) is 7.85. The largest absolute Gasteiger partial charge is 0.495 e. The number of benzene rings is 2. The second-order valence-electron chi connectivity index (χ2n) is 7.85. The molecule has 1 aliphatic heterocycles. The molecule has 4 amide bonds. The van der Waals surface area contributed by atoms with Crippen molar-refractivity contribution in [1.82, 2.24) is 10.2 Å². The Hall–Kier alpha value is -4.86. The molecule has 0 atom stereocenters. The summed E-state index contributed by atoms with van der Waals surface area (Å²) < 4.78 is 15.8. The minimum Gasteiger partial charge on any atom is -0.495 e. The maximum absolute atomic E-state index is 12.8. The van der Waals surface area contributed by atoms with Gasteiger partial charge in [0.05, 0.1) is 25.5 Å². The minimum absolute atomic E-state index is 0.0361. The summed E-state index contributed by atoms with van der Waals surface area (Å²) in [5, 5.41) is 5.09. The maximum Gasteiger partial charge on any atom is 0.337 e. The molecule has 4 rings (SSSR count). The van der Waals surface area contributed by atoms with Gasteiger partial charge in [-0.25, -0.2) is 14.5 Å². The number of methoxy groups -OCH3 is 2. The number of nitrogens with one attached hydrogen (secondary N) is 2. The molecule has 0 aliphatic carbocycles. The van der Waals surface area contributed by atoms with Gasteiger partial charge < -0.3 is 24.5 Å². The van der Waals surface area contributed by atoms with E-state index >= 15 is 0 Å². The van der Waals surface area contributed by atoms with Gasteiger partial charge in [0.15, 0.2) is 0 Å². The van der Waals surface area contributed by atoms with Crippen LogP contribution in [0.4, 0.5) is 10.5 Å². The molecule has 2 aromatic carbocycles. The average molecular weight is 489 g/mol.